The maximum absolute atomic E-state index is 9.91. The minimum Gasteiger partial charge on any atom is -0.550 e. The van der Waals surface area contributed by atoms with E-state index in [2.05, 4.69) is 31.2 Å². The number of hydrogen-bond donors (Lipinski definition) is 0. The molecule has 0 amide bonds. The van der Waals surface area contributed by atoms with Crippen LogP contribution in [-0.2, 0) is 47.0 Å². The van der Waals surface area contributed by atoms with Crippen molar-refractivity contribution in [3.63, 3.8) is 0 Å². The summed E-state index contributed by atoms with van der Waals surface area (Å²) in [7, 11) is 0. The van der Waals surface area contributed by atoms with Gasteiger partial charge in [0, 0.05) is 34.2 Å². The smallest absolute Gasteiger partial charge is 0.550 e. The zero-order valence-corrected chi connectivity index (χ0v) is 23.3. The largest absolute Gasteiger partial charge is 4.00 e. The van der Waals surface area contributed by atoms with Crippen LogP contribution in [0.3, 0.4) is 0 Å². The predicted molar refractivity (Wildman–Crippen MR) is 114 cm³/mol. The van der Waals surface area contributed by atoms with Gasteiger partial charge in [-0.2, -0.15) is 17.7 Å². The van der Waals surface area contributed by atoms with Crippen LogP contribution >= 0.6 is 0 Å². The average molecular weight is 516 g/mol. The second-order valence-electron chi connectivity index (χ2n) is 10.0. The number of carboxylic acids is 3. The average Bonchev–Trinajstić information content (AvgIpc) is 3.05. The molecule has 7 heteroatoms. The Hall–Kier alpha value is -1.36. The minimum atomic E-state index is -1.01. The van der Waals surface area contributed by atoms with Gasteiger partial charge in [-0.3, -0.25) is 0 Å². The molecule has 176 valence electrons. The minimum absolute atomic E-state index is 0. The van der Waals surface area contributed by atoms with Crippen LogP contribution < -0.4 is 15.3 Å². The topological polar surface area (TPSA) is 120 Å². The van der Waals surface area contributed by atoms with Crippen molar-refractivity contribution in [2.45, 2.75) is 88.5 Å². The van der Waals surface area contributed by atoms with Gasteiger partial charge < -0.3 is 29.7 Å². The molecule has 0 N–H and O–H groups in total. The van der Waals surface area contributed by atoms with Crippen molar-refractivity contribution in [2.24, 2.45) is 16.2 Å². The zero-order valence-electron chi connectivity index (χ0n) is 20.9. The number of rotatable bonds is 3. The van der Waals surface area contributed by atoms with E-state index in [0.29, 0.717) is 0 Å². The van der Waals surface area contributed by atoms with Crippen LogP contribution in [0.2, 0.25) is 0 Å². The summed E-state index contributed by atoms with van der Waals surface area (Å²) in [5.41, 5.74) is -0.600. The Labute approximate surface area is 207 Å². The van der Waals surface area contributed by atoms with Crippen molar-refractivity contribution < 1.29 is 55.9 Å². The molecule has 31 heavy (non-hydrogen) atoms. The molecule has 1 aromatic carbocycles. The van der Waals surface area contributed by atoms with E-state index in [4.69, 9.17) is 0 Å². The molecule has 0 aliphatic heterocycles. The van der Waals surface area contributed by atoms with Gasteiger partial charge >= 0.3 is 26.2 Å². The second kappa shape index (κ2) is 17.2. The van der Waals surface area contributed by atoms with Gasteiger partial charge in [0.2, 0.25) is 0 Å². The molecule has 0 aromatic heterocycles. The third kappa shape index (κ3) is 26.6. The Morgan fingerprint density at radius 2 is 0.903 bits per heavy atom. The van der Waals surface area contributed by atoms with Gasteiger partial charge in [-0.05, 0) is 0 Å². The molecule has 0 radical (unpaired) electrons. The van der Waals surface area contributed by atoms with Crippen LogP contribution in [0.15, 0.2) is 24.3 Å². The fraction of sp³-hybridized carbons (Fsp3) is 0.667. The normalized spacial score (nSPS) is 10.5. The SMILES string of the molecule is CC(C)(C)C(=O)[O-].CC(C)(C)C(=O)[O-].CC(C)(C)C(=O)[O-].CCCC[c-]1cccc1.[Zr+4]. The van der Waals surface area contributed by atoms with Crippen molar-refractivity contribution in [2.75, 3.05) is 0 Å². The van der Waals surface area contributed by atoms with Crippen molar-refractivity contribution in [3.8, 4) is 0 Å². The van der Waals surface area contributed by atoms with E-state index >= 15 is 0 Å². The Morgan fingerprint density at radius 1 is 0.677 bits per heavy atom. The number of unbranched alkanes of at least 4 members (excludes halogenated alkanes) is 1. The molecule has 0 heterocycles. The van der Waals surface area contributed by atoms with Gasteiger partial charge in [-0.15, -0.1) is 0 Å². The van der Waals surface area contributed by atoms with Gasteiger partial charge in [0.1, 0.15) is 0 Å². The maximum Gasteiger partial charge on any atom is 4.00 e. The third-order valence-corrected chi connectivity index (χ3v) is 3.39. The second-order valence-corrected chi connectivity index (χ2v) is 10.0. The van der Waals surface area contributed by atoms with Crippen LogP contribution in [0.25, 0.3) is 0 Å². The third-order valence-electron chi connectivity index (χ3n) is 3.39. The molecule has 0 bridgehead atoms. The molecule has 1 rings (SSSR count). The molecule has 0 saturated heterocycles. The number of aliphatic carboxylic acids is 3. The first kappa shape index (κ1) is 37.0. The molecule has 6 nitrogen and oxygen atoms in total. The van der Waals surface area contributed by atoms with Gasteiger partial charge in [-0.1, -0.05) is 88.5 Å². The molecule has 1 aromatic rings. The summed E-state index contributed by atoms with van der Waals surface area (Å²) in [6.07, 6.45) is 3.87. The first-order valence-electron chi connectivity index (χ1n) is 10.1. The fourth-order valence-electron chi connectivity index (χ4n) is 0.961. The Kier molecular flexibility index (Phi) is 20.6. The molecular weight excluding hydrogens is 475 g/mol. The summed E-state index contributed by atoms with van der Waals surface area (Å²) < 4.78 is 0. The first-order valence-corrected chi connectivity index (χ1v) is 10.1. The number of carbonyl (C=O) groups is 3. The summed E-state index contributed by atoms with van der Waals surface area (Å²) in [5, 5.41) is 29.7. The molecule has 0 aliphatic rings. The predicted octanol–water partition coefficient (Wildman–Crippen LogP) is 2.09. The van der Waals surface area contributed by atoms with Crippen LogP contribution in [0.4, 0.5) is 0 Å². The maximum atomic E-state index is 9.91. The van der Waals surface area contributed by atoms with Gasteiger partial charge in [0.15, 0.2) is 0 Å². The van der Waals surface area contributed by atoms with Crippen molar-refractivity contribution >= 4 is 17.9 Å². The zero-order chi connectivity index (χ0) is 24.8. The summed E-state index contributed by atoms with van der Waals surface area (Å²) in [6.45, 7) is 16.6. The van der Waals surface area contributed by atoms with E-state index in [1.165, 1.54) is 24.8 Å². The Bertz CT molecular complexity index is 542. The van der Waals surface area contributed by atoms with Gasteiger partial charge in [0.05, 0.1) is 0 Å². The molecule has 0 aliphatic carbocycles. The van der Waals surface area contributed by atoms with Crippen molar-refractivity contribution in [1.29, 1.82) is 0 Å². The van der Waals surface area contributed by atoms with Crippen molar-refractivity contribution in [1.82, 2.24) is 0 Å². The van der Waals surface area contributed by atoms with Crippen LogP contribution in [0.1, 0.15) is 87.6 Å². The summed E-state index contributed by atoms with van der Waals surface area (Å²) >= 11 is 0. The molecule has 0 atom stereocenters. The van der Waals surface area contributed by atoms with Crippen LogP contribution in [0.5, 0.6) is 0 Å². The summed E-state index contributed by atoms with van der Waals surface area (Å²) in [6, 6.07) is 8.58. The summed E-state index contributed by atoms with van der Waals surface area (Å²) in [5.74, 6) is -3.02. The van der Waals surface area contributed by atoms with E-state index < -0.39 is 34.2 Å². The molecule has 0 spiro atoms. The van der Waals surface area contributed by atoms with Crippen LogP contribution in [0, 0.1) is 16.2 Å². The van der Waals surface area contributed by atoms with E-state index in [-0.39, 0.29) is 26.2 Å². The number of hydrogen-bond acceptors (Lipinski definition) is 6. The van der Waals surface area contributed by atoms with E-state index in [9.17, 15) is 29.7 Å². The fourth-order valence-corrected chi connectivity index (χ4v) is 0.961. The summed E-state index contributed by atoms with van der Waals surface area (Å²) in [4.78, 5) is 29.7. The quantitative estimate of drug-likeness (QED) is 0.569. The standard InChI is InChI=1S/C9H13.3C5H10O2.Zr/c1-2-3-6-9-7-4-5-8-9;3*1-5(2,3)4(6)7;/h4-5,7-8H,2-3,6H2,1H3;3*1-3H3,(H,6,7);/q-1;;;;+4/p-3. The number of aryl methyl sites for hydroxylation is 1. The number of carboxylic acid groups (broad SMARTS) is 3. The van der Waals surface area contributed by atoms with Crippen LogP contribution in [-0.4, -0.2) is 17.9 Å². The van der Waals surface area contributed by atoms with E-state index in [1.807, 2.05) is 0 Å². The first-order chi connectivity index (χ1) is 13.3. The Balaban J connectivity index is -0.000000156. The monoisotopic (exact) mass is 514 g/mol. The molecular formula is C24H40O6Zr. The van der Waals surface area contributed by atoms with E-state index in [0.717, 1.165) is 0 Å². The van der Waals surface area contributed by atoms with Crippen molar-refractivity contribution in [3.05, 3.63) is 29.8 Å². The molecule has 0 fully saturated rings. The number of carbonyl (C=O) groups excluding carboxylic acids is 3. The van der Waals surface area contributed by atoms with Gasteiger partial charge in [0.25, 0.3) is 0 Å². The molecule has 0 unspecified atom stereocenters. The van der Waals surface area contributed by atoms with Gasteiger partial charge in [-0.25, -0.2) is 12.1 Å². The van der Waals surface area contributed by atoms with E-state index in [1.54, 1.807) is 62.3 Å². The Morgan fingerprint density at radius 3 is 1.06 bits per heavy atom. The molecule has 0 saturated carbocycles.